The van der Waals surface area contributed by atoms with Crippen LogP contribution in [-0.4, -0.2) is 24.8 Å². The molecule has 17 heavy (non-hydrogen) atoms. The third kappa shape index (κ3) is 2.01. The number of Topliss-reactive ketones (excluding diaryl/α,β-unsaturated/α-hetero) is 1. The highest BCUT2D eigenvalue weighted by Gasteiger charge is 2.27. The molecule has 0 spiro atoms. The average Bonchev–Trinajstić information content (AvgIpc) is 2.62. The number of ether oxygens (including phenoxy) is 1. The van der Waals surface area contributed by atoms with Crippen molar-refractivity contribution in [1.29, 1.82) is 0 Å². The van der Waals surface area contributed by atoms with Gasteiger partial charge < -0.3 is 10.1 Å². The summed E-state index contributed by atoms with van der Waals surface area (Å²) in [5.41, 5.74) is 1.20. The van der Waals surface area contributed by atoms with Crippen LogP contribution in [0.25, 0.3) is 0 Å². The molecule has 1 N–H and O–H groups in total. The average molecular weight is 229 g/mol. The van der Waals surface area contributed by atoms with E-state index in [4.69, 9.17) is 0 Å². The molecule has 0 unspecified atom stereocenters. The van der Waals surface area contributed by atoms with Crippen LogP contribution in [0.4, 0.5) is 5.69 Å². The second-order valence-electron chi connectivity index (χ2n) is 3.29. The molecule has 0 aliphatic carbocycles. The largest absolute Gasteiger partial charge is 0.459 e. The number of anilines is 1. The Bertz CT molecular complexity index is 592. The first-order chi connectivity index (χ1) is 8.11. The smallest absolute Gasteiger partial charge is 0.384 e. The summed E-state index contributed by atoms with van der Waals surface area (Å²) >= 11 is 0. The summed E-state index contributed by atoms with van der Waals surface area (Å²) in [5.74, 6) is 2.87. The molecule has 0 atom stereocenters. The fourth-order valence-corrected chi connectivity index (χ4v) is 1.39. The summed E-state index contributed by atoms with van der Waals surface area (Å²) in [6.45, 7) is 0. The number of rotatable bonds is 0. The van der Waals surface area contributed by atoms with Crippen LogP contribution in [0.1, 0.15) is 15.9 Å². The lowest BCUT2D eigenvalue weighted by Gasteiger charge is -1.96. The van der Waals surface area contributed by atoms with Gasteiger partial charge in [0.2, 0.25) is 0 Å². The zero-order valence-corrected chi connectivity index (χ0v) is 8.87. The van der Waals surface area contributed by atoms with Gasteiger partial charge in [0.25, 0.3) is 11.7 Å². The Kier molecular flexibility index (Phi) is 2.63. The van der Waals surface area contributed by atoms with Gasteiger partial charge in [-0.15, -0.1) is 0 Å². The molecule has 0 radical (unpaired) electrons. The van der Waals surface area contributed by atoms with Crippen molar-refractivity contribution < 1.29 is 19.1 Å². The van der Waals surface area contributed by atoms with Gasteiger partial charge in [-0.3, -0.25) is 9.59 Å². The fourth-order valence-electron chi connectivity index (χ4n) is 1.39. The summed E-state index contributed by atoms with van der Waals surface area (Å²) in [5, 5.41) is 2.42. The predicted octanol–water partition coefficient (Wildman–Crippen LogP) is 0.346. The predicted molar refractivity (Wildman–Crippen MR) is 58.3 cm³/mol. The first-order valence-corrected chi connectivity index (χ1v) is 4.71. The van der Waals surface area contributed by atoms with Crippen molar-refractivity contribution in [2.45, 2.75) is 0 Å². The number of ketones is 1. The van der Waals surface area contributed by atoms with Crippen molar-refractivity contribution in [3.8, 4) is 11.8 Å². The topological polar surface area (TPSA) is 72.5 Å². The molecular weight excluding hydrogens is 222 g/mol. The van der Waals surface area contributed by atoms with E-state index in [1.807, 2.05) is 0 Å². The highest BCUT2D eigenvalue weighted by Crippen LogP contribution is 2.23. The molecule has 84 valence electrons. The van der Waals surface area contributed by atoms with E-state index in [9.17, 15) is 14.4 Å². The van der Waals surface area contributed by atoms with Crippen molar-refractivity contribution in [3.63, 3.8) is 0 Å². The van der Waals surface area contributed by atoms with Gasteiger partial charge in [0.1, 0.15) is 0 Å². The number of carbonyl (C=O) groups excluding carboxylic acids is 3. The third-order valence-corrected chi connectivity index (χ3v) is 2.21. The summed E-state index contributed by atoms with van der Waals surface area (Å²) < 4.78 is 4.36. The van der Waals surface area contributed by atoms with Crippen LogP contribution in [0.2, 0.25) is 0 Å². The van der Waals surface area contributed by atoms with Crippen LogP contribution in [0.3, 0.4) is 0 Å². The molecule has 0 bridgehead atoms. The second-order valence-corrected chi connectivity index (χ2v) is 3.29. The Morgan fingerprint density at radius 3 is 2.82 bits per heavy atom. The molecule has 2 rings (SSSR count). The van der Waals surface area contributed by atoms with Gasteiger partial charge in [0.05, 0.1) is 18.4 Å². The maximum absolute atomic E-state index is 11.4. The molecule has 1 heterocycles. The van der Waals surface area contributed by atoms with Crippen molar-refractivity contribution in [1.82, 2.24) is 0 Å². The first kappa shape index (κ1) is 10.9. The van der Waals surface area contributed by atoms with Gasteiger partial charge in [0, 0.05) is 11.5 Å². The molecule has 1 aromatic rings. The van der Waals surface area contributed by atoms with Gasteiger partial charge in [-0.05, 0) is 18.2 Å². The molecule has 5 nitrogen and oxygen atoms in total. The molecule has 1 aliphatic rings. The molecule has 5 heteroatoms. The van der Waals surface area contributed by atoms with Crippen molar-refractivity contribution >= 4 is 23.3 Å². The fraction of sp³-hybridized carbons (Fsp3) is 0.0833. The number of fused-ring (bicyclic) bond motifs is 1. The lowest BCUT2D eigenvalue weighted by Crippen LogP contribution is -2.12. The van der Waals surface area contributed by atoms with Crippen LogP contribution in [0, 0.1) is 11.8 Å². The number of esters is 1. The number of hydrogen-bond acceptors (Lipinski definition) is 4. The Morgan fingerprint density at radius 1 is 1.35 bits per heavy atom. The van der Waals surface area contributed by atoms with Gasteiger partial charge in [-0.2, -0.15) is 0 Å². The Balaban J connectivity index is 2.35. The minimum absolute atomic E-state index is 0.270. The van der Waals surface area contributed by atoms with Crippen LogP contribution in [0.5, 0.6) is 0 Å². The van der Waals surface area contributed by atoms with Crippen LogP contribution in [-0.2, 0) is 14.3 Å². The number of amides is 1. The molecule has 1 aromatic carbocycles. The number of hydrogen-bond donors (Lipinski definition) is 1. The highest BCUT2D eigenvalue weighted by atomic mass is 16.5. The zero-order chi connectivity index (χ0) is 12.4. The minimum Gasteiger partial charge on any atom is -0.459 e. The normalized spacial score (nSPS) is 12.3. The molecule has 0 saturated carbocycles. The summed E-state index contributed by atoms with van der Waals surface area (Å²) in [6, 6.07) is 4.64. The van der Waals surface area contributed by atoms with E-state index < -0.39 is 17.7 Å². The first-order valence-electron chi connectivity index (χ1n) is 4.71. The van der Waals surface area contributed by atoms with Crippen molar-refractivity contribution in [3.05, 3.63) is 29.3 Å². The maximum atomic E-state index is 11.4. The maximum Gasteiger partial charge on any atom is 0.384 e. The third-order valence-electron chi connectivity index (χ3n) is 2.21. The van der Waals surface area contributed by atoms with Gasteiger partial charge in [-0.1, -0.05) is 5.92 Å². The Morgan fingerprint density at radius 2 is 2.12 bits per heavy atom. The lowest BCUT2D eigenvalue weighted by molar-refractivity contribution is -0.133. The number of benzene rings is 1. The Labute approximate surface area is 96.8 Å². The highest BCUT2D eigenvalue weighted by molar-refractivity contribution is 6.51. The monoisotopic (exact) mass is 229 g/mol. The van der Waals surface area contributed by atoms with Crippen molar-refractivity contribution in [2.75, 3.05) is 12.4 Å². The summed E-state index contributed by atoms with van der Waals surface area (Å²) in [4.78, 5) is 33.3. The van der Waals surface area contributed by atoms with E-state index in [1.54, 1.807) is 12.1 Å². The van der Waals surface area contributed by atoms with E-state index >= 15 is 0 Å². The van der Waals surface area contributed by atoms with Gasteiger partial charge in [-0.25, -0.2) is 4.79 Å². The van der Waals surface area contributed by atoms with Gasteiger partial charge in [0.15, 0.2) is 0 Å². The van der Waals surface area contributed by atoms with Crippen LogP contribution >= 0.6 is 0 Å². The van der Waals surface area contributed by atoms with Crippen LogP contribution in [0.15, 0.2) is 18.2 Å². The van der Waals surface area contributed by atoms with E-state index in [2.05, 4.69) is 21.9 Å². The van der Waals surface area contributed by atoms with Crippen molar-refractivity contribution in [2.24, 2.45) is 0 Å². The second kappa shape index (κ2) is 4.10. The quantitative estimate of drug-likeness (QED) is 0.395. The number of methoxy groups -OCH3 is 1. The molecular formula is C12H7NO4. The van der Waals surface area contributed by atoms with E-state index in [-0.39, 0.29) is 5.56 Å². The number of nitrogens with one attached hydrogen (secondary N) is 1. The minimum atomic E-state index is -0.661. The lowest BCUT2D eigenvalue weighted by atomic mass is 10.1. The summed E-state index contributed by atoms with van der Waals surface area (Å²) in [6.07, 6.45) is 0. The molecule has 1 amide bonds. The van der Waals surface area contributed by atoms with E-state index in [0.717, 1.165) is 0 Å². The van der Waals surface area contributed by atoms with E-state index in [0.29, 0.717) is 11.3 Å². The molecule has 0 fully saturated rings. The molecule has 0 aromatic heterocycles. The standard InChI is InChI=1S/C12H7NO4/c1-17-10(14)5-3-7-2-4-9-8(6-7)11(15)12(16)13-9/h2,4,6H,1H3,(H,13,15,16). The van der Waals surface area contributed by atoms with Gasteiger partial charge >= 0.3 is 5.97 Å². The van der Waals surface area contributed by atoms with E-state index in [1.165, 1.54) is 13.2 Å². The molecule has 1 aliphatic heterocycles. The number of carbonyl (C=O) groups is 3. The Hall–Kier alpha value is -2.61. The zero-order valence-electron chi connectivity index (χ0n) is 8.87. The summed E-state index contributed by atoms with van der Waals surface area (Å²) in [7, 11) is 1.23. The van der Waals surface area contributed by atoms with Crippen LogP contribution < -0.4 is 5.32 Å². The molecule has 0 saturated heterocycles. The SMILES string of the molecule is COC(=O)C#Cc1ccc2c(c1)C(=O)C(=O)N2.